The minimum absolute atomic E-state index is 0.0302. The Bertz CT molecular complexity index is 826. The highest BCUT2D eigenvalue weighted by Gasteiger charge is 2.43. The number of amides is 1. The first-order valence-corrected chi connectivity index (χ1v) is 7.68. The molecule has 122 valence electrons. The molecule has 1 atom stereocenters. The van der Waals surface area contributed by atoms with Gasteiger partial charge in [-0.05, 0) is 29.8 Å². The van der Waals surface area contributed by atoms with Crippen molar-refractivity contribution in [3.63, 3.8) is 0 Å². The van der Waals surface area contributed by atoms with Crippen molar-refractivity contribution in [1.82, 2.24) is 0 Å². The maximum absolute atomic E-state index is 12.6. The van der Waals surface area contributed by atoms with Crippen LogP contribution in [0.4, 0.5) is 5.69 Å². The molecular weight excluding hydrogens is 306 g/mol. The van der Waals surface area contributed by atoms with Crippen molar-refractivity contribution >= 4 is 17.4 Å². The highest BCUT2D eigenvalue weighted by molar-refractivity contribution is 6.16. The molecule has 24 heavy (non-hydrogen) atoms. The van der Waals surface area contributed by atoms with Crippen LogP contribution < -0.4 is 4.90 Å². The fraction of sp³-hybridized carbons (Fsp3) is 0.158. The minimum Gasteiger partial charge on any atom is -0.508 e. The second-order valence-corrected chi connectivity index (χ2v) is 5.55. The van der Waals surface area contributed by atoms with Crippen LogP contribution in [0.2, 0.25) is 0 Å². The van der Waals surface area contributed by atoms with E-state index in [0.29, 0.717) is 11.3 Å². The molecule has 2 aromatic carbocycles. The molecule has 5 nitrogen and oxygen atoms in total. The molecule has 1 amide bonds. The number of nitrogens with zero attached hydrogens (tertiary/aromatic N) is 1. The number of Topliss-reactive ketones (excluding diaryl/α,β-unsaturated/α-hetero) is 1. The van der Waals surface area contributed by atoms with E-state index >= 15 is 0 Å². The third-order valence-electron chi connectivity index (χ3n) is 4.05. The van der Waals surface area contributed by atoms with Crippen LogP contribution in [0, 0.1) is 0 Å². The van der Waals surface area contributed by atoms with E-state index in [-0.39, 0.29) is 23.5 Å². The zero-order valence-electron chi connectivity index (χ0n) is 13.1. The van der Waals surface area contributed by atoms with Gasteiger partial charge < -0.3 is 10.2 Å². The smallest absolute Gasteiger partial charge is 0.294 e. The van der Waals surface area contributed by atoms with Crippen LogP contribution in [0.1, 0.15) is 24.9 Å². The molecule has 0 saturated carbocycles. The number of carbonyl (C=O) groups is 2. The lowest BCUT2D eigenvalue weighted by molar-refractivity contribution is -0.118. The Morgan fingerprint density at radius 2 is 1.79 bits per heavy atom. The summed E-state index contributed by atoms with van der Waals surface area (Å²) >= 11 is 0. The molecule has 2 N–H and O–H groups in total. The number of hydrogen-bond acceptors (Lipinski definition) is 4. The van der Waals surface area contributed by atoms with E-state index in [4.69, 9.17) is 0 Å². The van der Waals surface area contributed by atoms with Crippen LogP contribution in [0.15, 0.2) is 65.9 Å². The Morgan fingerprint density at radius 3 is 2.42 bits per heavy atom. The van der Waals surface area contributed by atoms with E-state index in [2.05, 4.69) is 0 Å². The maximum Gasteiger partial charge on any atom is 0.294 e. The Labute approximate surface area is 139 Å². The lowest BCUT2D eigenvalue weighted by atomic mass is 9.94. The van der Waals surface area contributed by atoms with E-state index in [1.54, 1.807) is 43.3 Å². The summed E-state index contributed by atoms with van der Waals surface area (Å²) in [6.45, 7) is 1.68. The van der Waals surface area contributed by atoms with Crippen molar-refractivity contribution < 1.29 is 19.8 Å². The molecule has 1 unspecified atom stereocenters. The average molecular weight is 323 g/mol. The fourth-order valence-electron chi connectivity index (χ4n) is 2.95. The van der Waals surface area contributed by atoms with E-state index in [0.717, 1.165) is 0 Å². The van der Waals surface area contributed by atoms with Gasteiger partial charge in [0.15, 0.2) is 11.5 Å². The molecule has 1 heterocycles. The van der Waals surface area contributed by atoms with E-state index in [1.807, 2.05) is 6.07 Å². The predicted molar refractivity (Wildman–Crippen MR) is 89.7 cm³/mol. The summed E-state index contributed by atoms with van der Waals surface area (Å²) in [5.41, 5.74) is 1.20. The van der Waals surface area contributed by atoms with Gasteiger partial charge in [-0.1, -0.05) is 37.3 Å². The highest BCUT2D eigenvalue weighted by Crippen LogP contribution is 2.41. The number of carbonyl (C=O) groups excluding carboxylic acids is 2. The van der Waals surface area contributed by atoms with Crippen LogP contribution in [-0.2, 0) is 9.59 Å². The first-order chi connectivity index (χ1) is 11.5. The monoisotopic (exact) mass is 323 g/mol. The van der Waals surface area contributed by atoms with Gasteiger partial charge in [-0.25, -0.2) is 0 Å². The Kier molecular flexibility index (Phi) is 4.08. The molecule has 5 heteroatoms. The zero-order valence-corrected chi connectivity index (χ0v) is 13.1. The molecular formula is C19H17NO4. The quantitative estimate of drug-likeness (QED) is 0.905. The van der Waals surface area contributed by atoms with Crippen LogP contribution >= 0.6 is 0 Å². The van der Waals surface area contributed by atoms with Crippen LogP contribution in [-0.4, -0.2) is 21.9 Å². The van der Waals surface area contributed by atoms with Gasteiger partial charge in [-0.3, -0.25) is 14.5 Å². The SMILES string of the molecule is CCC(=O)C1=C(O)C(=O)N(c2ccccc2)C1c1cccc(O)c1. The first kappa shape index (κ1) is 15.8. The molecule has 0 fully saturated rings. The summed E-state index contributed by atoms with van der Waals surface area (Å²) in [7, 11) is 0. The second-order valence-electron chi connectivity index (χ2n) is 5.55. The van der Waals surface area contributed by atoms with Gasteiger partial charge in [0.1, 0.15) is 5.75 Å². The molecule has 3 rings (SSSR count). The van der Waals surface area contributed by atoms with Crippen LogP contribution in [0.5, 0.6) is 5.75 Å². The zero-order chi connectivity index (χ0) is 17.3. The summed E-state index contributed by atoms with van der Waals surface area (Å²) in [6, 6.07) is 14.4. The van der Waals surface area contributed by atoms with Gasteiger partial charge in [0.25, 0.3) is 5.91 Å². The van der Waals surface area contributed by atoms with E-state index in [1.165, 1.54) is 17.0 Å². The van der Waals surface area contributed by atoms with Crippen molar-refractivity contribution in [2.45, 2.75) is 19.4 Å². The van der Waals surface area contributed by atoms with Crippen LogP contribution in [0.25, 0.3) is 0 Å². The van der Waals surface area contributed by atoms with Crippen molar-refractivity contribution in [2.75, 3.05) is 4.90 Å². The number of anilines is 1. The van der Waals surface area contributed by atoms with Crippen molar-refractivity contribution in [2.24, 2.45) is 0 Å². The van der Waals surface area contributed by atoms with Crippen LogP contribution in [0.3, 0.4) is 0 Å². The number of para-hydroxylation sites is 1. The number of ketones is 1. The van der Waals surface area contributed by atoms with Gasteiger partial charge >= 0.3 is 0 Å². The number of phenols is 1. The Balaban J connectivity index is 2.19. The van der Waals surface area contributed by atoms with Crippen molar-refractivity contribution in [3.8, 4) is 5.75 Å². The third-order valence-corrected chi connectivity index (χ3v) is 4.05. The lowest BCUT2D eigenvalue weighted by Crippen LogP contribution is -2.30. The first-order valence-electron chi connectivity index (χ1n) is 7.68. The maximum atomic E-state index is 12.6. The number of rotatable bonds is 4. The topological polar surface area (TPSA) is 77.8 Å². The van der Waals surface area contributed by atoms with Gasteiger partial charge in [-0.15, -0.1) is 0 Å². The third kappa shape index (κ3) is 2.54. The Morgan fingerprint density at radius 1 is 1.08 bits per heavy atom. The fourth-order valence-corrected chi connectivity index (χ4v) is 2.95. The summed E-state index contributed by atoms with van der Waals surface area (Å²) < 4.78 is 0. The summed E-state index contributed by atoms with van der Waals surface area (Å²) in [5, 5.41) is 20.1. The molecule has 1 aliphatic heterocycles. The number of benzene rings is 2. The molecule has 1 aliphatic rings. The number of hydrogen-bond donors (Lipinski definition) is 2. The summed E-state index contributed by atoms with van der Waals surface area (Å²) in [5.74, 6) is -1.42. The van der Waals surface area contributed by atoms with Gasteiger partial charge in [0.05, 0.1) is 11.6 Å². The Hall–Kier alpha value is -3.08. The van der Waals surface area contributed by atoms with Gasteiger partial charge in [0, 0.05) is 12.1 Å². The number of aliphatic hydroxyl groups excluding tert-OH is 1. The van der Waals surface area contributed by atoms with E-state index < -0.39 is 17.7 Å². The van der Waals surface area contributed by atoms with Crippen molar-refractivity contribution in [1.29, 1.82) is 0 Å². The molecule has 0 aromatic heterocycles. The van der Waals surface area contributed by atoms with Gasteiger partial charge in [0.2, 0.25) is 0 Å². The summed E-state index contributed by atoms with van der Waals surface area (Å²) in [6.07, 6.45) is 0.171. The number of phenolic OH excluding ortho intramolecular Hbond substituents is 1. The average Bonchev–Trinajstić information content (AvgIpc) is 2.86. The molecule has 0 saturated heterocycles. The van der Waals surface area contributed by atoms with E-state index in [9.17, 15) is 19.8 Å². The molecule has 0 aliphatic carbocycles. The largest absolute Gasteiger partial charge is 0.508 e. The van der Waals surface area contributed by atoms with Gasteiger partial charge in [-0.2, -0.15) is 0 Å². The predicted octanol–water partition coefficient (Wildman–Crippen LogP) is 3.27. The second kappa shape index (κ2) is 6.20. The molecule has 0 radical (unpaired) electrons. The minimum atomic E-state index is -0.764. The normalized spacial score (nSPS) is 17.5. The number of aliphatic hydroxyl groups is 1. The highest BCUT2D eigenvalue weighted by atomic mass is 16.3. The lowest BCUT2D eigenvalue weighted by Gasteiger charge is -2.27. The van der Waals surface area contributed by atoms with Crippen molar-refractivity contribution in [3.05, 3.63) is 71.5 Å². The molecule has 0 bridgehead atoms. The summed E-state index contributed by atoms with van der Waals surface area (Å²) in [4.78, 5) is 26.3. The number of aromatic hydroxyl groups is 1. The standard InChI is InChI=1S/C19H17NO4/c1-2-15(22)16-17(12-7-6-10-14(21)11-12)20(19(24)18(16)23)13-8-4-3-5-9-13/h3-11,17,21,23H,2H2,1H3. The molecule has 2 aromatic rings. The molecule has 0 spiro atoms.